The number of hydrogen-bond donors (Lipinski definition) is 1. The van der Waals surface area contributed by atoms with Gasteiger partial charge in [-0.25, -0.2) is 12.8 Å². The molecule has 0 fully saturated rings. The predicted molar refractivity (Wildman–Crippen MR) is 77.9 cm³/mol. The van der Waals surface area contributed by atoms with Crippen LogP contribution >= 0.6 is 0 Å². The topological polar surface area (TPSA) is 76.3 Å². The summed E-state index contributed by atoms with van der Waals surface area (Å²) in [7, 11) is -3.82. The van der Waals surface area contributed by atoms with Crippen LogP contribution in [0, 0.1) is 5.82 Å². The number of fused-ring (bicyclic) bond motifs is 1. The highest BCUT2D eigenvalue weighted by molar-refractivity contribution is 7.92. The second kappa shape index (κ2) is 5.00. The van der Waals surface area contributed by atoms with Crippen LogP contribution in [0.5, 0.6) is 0 Å². The fourth-order valence-electron chi connectivity index (χ4n) is 2.49. The molecule has 0 saturated heterocycles. The number of hydrogen-bond acceptors (Lipinski definition) is 4. The molecule has 0 spiro atoms. The third-order valence-corrected chi connectivity index (χ3v) is 5.23. The van der Waals surface area contributed by atoms with Crippen LogP contribution in [0.4, 0.5) is 15.8 Å². The number of halogens is 1. The number of rotatable bonds is 2. The molecule has 21 heavy (non-hydrogen) atoms. The largest absolute Gasteiger partial charge is 0.399 e. The standard InChI is InChI=1S/C14H14FN3O2S/c15-11-7-13(9-17-8-11)21(19,20)18-5-1-2-10-6-12(16)3-4-14(10)18/h3-4,6-9H,1-2,5,16H2. The molecule has 0 amide bonds. The van der Waals surface area contributed by atoms with E-state index in [0.717, 1.165) is 30.4 Å². The number of aryl methyl sites for hydroxylation is 1. The van der Waals surface area contributed by atoms with Gasteiger partial charge in [-0.3, -0.25) is 9.29 Å². The van der Waals surface area contributed by atoms with Gasteiger partial charge in [-0.05, 0) is 42.7 Å². The highest BCUT2D eigenvalue weighted by Crippen LogP contribution is 2.33. The fraction of sp³-hybridized carbons (Fsp3) is 0.214. The molecule has 1 aliphatic rings. The van der Waals surface area contributed by atoms with Crippen LogP contribution in [-0.4, -0.2) is 19.9 Å². The average Bonchev–Trinajstić information content (AvgIpc) is 2.46. The zero-order valence-electron chi connectivity index (χ0n) is 11.2. The van der Waals surface area contributed by atoms with E-state index in [4.69, 9.17) is 5.73 Å². The van der Waals surface area contributed by atoms with Crippen LogP contribution in [0.3, 0.4) is 0 Å². The van der Waals surface area contributed by atoms with Crippen molar-refractivity contribution in [3.63, 3.8) is 0 Å². The van der Waals surface area contributed by atoms with E-state index >= 15 is 0 Å². The van der Waals surface area contributed by atoms with Gasteiger partial charge in [-0.15, -0.1) is 0 Å². The van der Waals surface area contributed by atoms with Crippen molar-refractivity contribution in [3.05, 3.63) is 48.0 Å². The van der Waals surface area contributed by atoms with Gasteiger partial charge in [-0.1, -0.05) is 0 Å². The molecule has 110 valence electrons. The molecule has 0 unspecified atom stereocenters. The van der Waals surface area contributed by atoms with Crippen LogP contribution in [0.15, 0.2) is 41.6 Å². The summed E-state index contributed by atoms with van der Waals surface area (Å²) >= 11 is 0. The van der Waals surface area contributed by atoms with Gasteiger partial charge in [-0.2, -0.15) is 0 Å². The smallest absolute Gasteiger partial charge is 0.265 e. The van der Waals surface area contributed by atoms with Crippen LogP contribution in [0.1, 0.15) is 12.0 Å². The molecule has 1 aliphatic heterocycles. The molecule has 5 nitrogen and oxygen atoms in total. The first kappa shape index (κ1) is 13.8. The van der Waals surface area contributed by atoms with Crippen LogP contribution in [0.2, 0.25) is 0 Å². The number of anilines is 2. The first-order valence-electron chi connectivity index (χ1n) is 6.50. The van der Waals surface area contributed by atoms with Crippen molar-refractivity contribution >= 4 is 21.4 Å². The van der Waals surface area contributed by atoms with Gasteiger partial charge in [0.25, 0.3) is 10.0 Å². The van der Waals surface area contributed by atoms with Crippen LogP contribution in [-0.2, 0) is 16.4 Å². The molecule has 0 atom stereocenters. The average molecular weight is 307 g/mol. The van der Waals surface area contributed by atoms with Gasteiger partial charge >= 0.3 is 0 Å². The Hall–Kier alpha value is -2.15. The number of pyridine rings is 1. The second-order valence-corrected chi connectivity index (χ2v) is 6.77. The van der Waals surface area contributed by atoms with E-state index in [9.17, 15) is 12.8 Å². The van der Waals surface area contributed by atoms with Crippen molar-refractivity contribution in [3.8, 4) is 0 Å². The van der Waals surface area contributed by atoms with E-state index in [0.29, 0.717) is 24.3 Å². The maximum atomic E-state index is 13.3. The van der Waals surface area contributed by atoms with Crippen molar-refractivity contribution < 1.29 is 12.8 Å². The van der Waals surface area contributed by atoms with Gasteiger partial charge in [0.2, 0.25) is 0 Å². The Labute approximate surface area is 122 Å². The van der Waals surface area contributed by atoms with Crippen molar-refractivity contribution in [2.24, 2.45) is 0 Å². The number of nitrogens with zero attached hydrogens (tertiary/aromatic N) is 2. The van der Waals surface area contributed by atoms with Crippen LogP contribution in [0.25, 0.3) is 0 Å². The third kappa shape index (κ3) is 2.44. The summed E-state index contributed by atoms with van der Waals surface area (Å²) in [5, 5.41) is 0. The summed E-state index contributed by atoms with van der Waals surface area (Å²) < 4.78 is 39.9. The number of aromatic nitrogens is 1. The molecule has 0 aliphatic carbocycles. The number of benzene rings is 1. The van der Waals surface area contributed by atoms with E-state index in [1.807, 2.05) is 0 Å². The molecule has 1 aromatic heterocycles. The molecule has 3 rings (SSSR count). The minimum absolute atomic E-state index is 0.146. The van der Waals surface area contributed by atoms with Gasteiger partial charge in [0.05, 0.1) is 11.9 Å². The van der Waals surface area contributed by atoms with Crippen molar-refractivity contribution in [1.82, 2.24) is 4.98 Å². The summed E-state index contributed by atoms with van der Waals surface area (Å²) in [5.41, 5.74) is 7.82. The highest BCUT2D eigenvalue weighted by atomic mass is 32.2. The van der Waals surface area contributed by atoms with Crippen molar-refractivity contribution in [2.75, 3.05) is 16.6 Å². The third-order valence-electron chi connectivity index (χ3n) is 3.45. The van der Waals surface area contributed by atoms with E-state index in [-0.39, 0.29) is 4.90 Å². The lowest BCUT2D eigenvalue weighted by Gasteiger charge is -2.30. The van der Waals surface area contributed by atoms with Crippen LogP contribution < -0.4 is 10.0 Å². The van der Waals surface area contributed by atoms with Crippen molar-refractivity contribution in [1.29, 1.82) is 0 Å². The molecule has 7 heteroatoms. The maximum absolute atomic E-state index is 13.3. The predicted octanol–water partition coefficient (Wildman–Crippen LogP) is 1.94. The lowest BCUT2D eigenvalue weighted by molar-refractivity contribution is 0.580. The fourth-order valence-corrected chi connectivity index (χ4v) is 4.01. The van der Waals surface area contributed by atoms with Gasteiger partial charge in [0.1, 0.15) is 10.7 Å². The van der Waals surface area contributed by atoms with E-state index in [1.165, 1.54) is 4.31 Å². The minimum Gasteiger partial charge on any atom is -0.399 e. The minimum atomic E-state index is -3.82. The summed E-state index contributed by atoms with van der Waals surface area (Å²) in [6.07, 6.45) is 3.60. The Morgan fingerprint density at radius 2 is 2.05 bits per heavy atom. The molecule has 0 saturated carbocycles. The molecule has 0 bridgehead atoms. The zero-order chi connectivity index (χ0) is 15.0. The maximum Gasteiger partial charge on any atom is 0.265 e. The van der Waals surface area contributed by atoms with Gasteiger partial charge < -0.3 is 5.73 Å². The number of nitrogens with two attached hydrogens (primary N) is 1. The summed E-state index contributed by atoms with van der Waals surface area (Å²) in [6, 6.07) is 6.11. The molecule has 2 heterocycles. The Balaban J connectivity index is 2.09. The van der Waals surface area contributed by atoms with Crippen molar-refractivity contribution in [2.45, 2.75) is 17.7 Å². The van der Waals surface area contributed by atoms with E-state index in [2.05, 4.69) is 4.98 Å². The molecule has 2 aromatic rings. The summed E-state index contributed by atoms with van der Waals surface area (Å²) in [4.78, 5) is 3.47. The molecular weight excluding hydrogens is 293 g/mol. The Kier molecular flexibility index (Phi) is 3.29. The Morgan fingerprint density at radius 1 is 1.24 bits per heavy atom. The molecule has 2 N–H and O–H groups in total. The molecule has 1 aromatic carbocycles. The Bertz CT molecular complexity index is 793. The normalized spacial score (nSPS) is 14.8. The highest BCUT2D eigenvalue weighted by Gasteiger charge is 2.29. The first-order chi connectivity index (χ1) is 9.98. The lowest BCUT2D eigenvalue weighted by atomic mass is 10.0. The monoisotopic (exact) mass is 307 g/mol. The van der Waals surface area contributed by atoms with Gasteiger partial charge in [0.15, 0.2) is 0 Å². The first-order valence-corrected chi connectivity index (χ1v) is 7.94. The number of sulfonamides is 1. The summed E-state index contributed by atoms with van der Waals surface area (Å²) in [5.74, 6) is -0.675. The lowest BCUT2D eigenvalue weighted by Crippen LogP contribution is -2.35. The van der Waals surface area contributed by atoms with Gasteiger partial charge in [0, 0.05) is 18.4 Å². The summed E-state index contributed by atoms with van der Waals surface area (Å²) in [6.45, 7) is 0.357. The molecular formula is C14H14FN3O2S. The number of nitrogen functional groups attached to an aromatic ring is 1. The molecule has 0 radical (unpaired) electrons. The van der Waals surface area contributed by atoms with E-state index < -0.39 is 15.8 Å². The zero-order valence-corrected chi connectivity index (χ0v) is 12.0. The van der Waals surface area contributed by atoms with E-state index in [1.54, 1.807) is 18.2 Å². The Morgan fingerprint density at radius 3 is 2.81 bits per heavy atom. The quantitative estimate of drug-likeness (QED) is 0.860. The SMILES string of the molecule is Nc1ccc2c(c1)CCCN2S(=O)(=O)c1cncc(F)c1. The second-order valence-electron chi connectivity index (χ2n) is 4.91.